The van der Waals surface area contributed by atoms with Crippen molar-refractivity contribution >= 4 is 0 Å². The largest absolute Gasteiger partial charge is 0.343 e. The molecule has 0 saturated carbocycles. The van der Waals surface area contributed by atoms with Crippen LogP contribution in [0.25, 0.3) is 0 Å². The summed E-state index contributed by atoms with van der Waals surface area (Å²) in [7, 11) is 2.09. The van der Waals surface area contributed by atoms with Crippen LogP contribution in [0.2, 0.25) is 0 Å². The van der Waals surface area contributed by atoms with Crippen LogP contribution in [0.1, 0.15) is 12.2 Å². The van der Waals surface area contributed by atoms with Crippen molar-refractivity contribution in [1.82, 2.24) is 20.4 Å². The quantitative estimate of drug-likeness (QED) is 0.705. The summed E-state index contributed by atoms with van der Waals surface area (Å²) in [5.74, 6) is 0.759. The summed E-state index contributed by atoms with van der Waals surface area (Å²) < 4.78 is 4.67. The van der Waals surface area contributed by atoms with Crippen LogP contribution in [0, 0.1) is 0 Å². The van der Waals surface area contributed by atoms with Crippen LogP contribution in [0.15, 0.2) is 10.9 Å². The maximum absolute atomic E-state index is 4.67. The molecule has 1 atom stereocenters. The van der Waals surface area contributed by atoms with Gasteiger partial charge in [0.25, 0.3) is 0 Å². The van der Waals surface area contributed by atoms with Gasteiger partial charge < -0.3 is 9.84 Å². The van der Waals surface area contributed by atoms with Crippen LogP contribution >= 0.6 is 0 Å². The minimum absolute atomic E-state index is 0.610. The Balaban J connectivity index is 1.87. The lowest BCUT2D eigenvalue weighted by Gasteiger charge is -2.21. The van der Waals surface area contributed by atoms with E-state index in [4.69, 9.17) is 0 Å². The maximum Gasteiger partial charge on any atom is 0.213 e. The smallest absolute Gasteiger partial charge is 0.213 e. The van der Waals surface area contributed by atoms with Gasteiger partial charge in [-0.2, -0.15) is 4.98 Å². The summed E-state index contributed by atoms with van der Waals surface area (Å²) >= 11 is 0. The topological polar surface area (TPSA) is 54.2 Å². The van der Waals surface area contributed by atoms with Gasteiger partial charge in [-0.15, -0.1) is 0 Å². The van der Waals surface area contributed by atoms with Crippen LogP contribution in [0.3, 0.4) is 0 Å². The van der Waals surface area contributed by atoms with E-state index in [-0.39, 0.29) is 0 Å². The minimum atomic E-state index is 0.610. The van der Waals surface area contributed by atoms with Crippen LogP contribution < -0.4 is 5.32 Å². The molecular formula is C8H14N4O. The average molecular weight is 182 g/mol. The first kappa shape index (κ1) is 8.65. The molecule has 1 aromatic rings. The van der Waals surface area contributed by atoms with Crippen molar-refractivity contribution in [1.29, 1.82) is 0 Å². The van der Waals surface area contributed by atoms with Gasteiger partial charge in [0.1, 0.15) is 0 Å². The molecule has 5 nitrogen and oxygen atoms in total. The third-order valence-corrected chi connectivity index (χ3v) is 2.46. The molecule has 1 fully saturated rings. The fourth-order valence-electron chi connectivity index (χ4n) is 1.63. The van der Waals surface area contributed by atoms with Crippen LogP contribution in [-0.4, -0.2) is 41.2 Å². The SMILES string of the molecule is CN(Cc1ncon1)C1CCNC1. The Morgan fingerprint density at radius 1 is 1.77 bits per heavy atom. The normalized spacial score (nSPS) is 22.8. The van der Waals surface area contributed by atoms with Crippen molar-refractivity contribution < 1.29 is 4.52 Å². The number of likely N-dealkylation sites (N-methyl/N-ethyl adjacent to an activating group) is 1. The lowest BCUT2D eigenvalue weighted by atomic mass is 10.2. The van der Waals surface area contributed by atoms with E-state index in [1.165, 1.54) is 12.8 Å². The Bertz CT molecular complexity index is 243. The zero-order chi connectivity index (χ0) is 9.10. The summed E-state index contributed by atoms with van der Waals surface area (Å²) in [5.41, 5.74) is 0. The zero-order valence-electron chi connectivity index (χ0n) is 7.73. The van der Waals surface area contributed by atoms with Gasteiger partial charge in [0.15, 0.2) is 5.82 Å². The maximum atomic E-state index is 4.67. The summed E-state index contributed by atoms with van der Waals surface area (Å²) in [6.45, 7) is 2.94. The second-order valence-corrected chi connectivity index (χ2v) is 3.41. The molecule has 5 heteroatoms. The van der Waals surface area contributed by atoms with E-state index < -0.39 is 0 Å². The predicted molar refractivity (Wildman–Crippen MR) is 47.0 cm³/mol. The Kier molecular flexibility index (Phi) is 2.56. The third kappa shape index (κ3) is 2.05. The molecule has 1 saturated heterocycles. The van der Waals surface area contributed by atoms with E-state index in [1.807, 2.05) is 0 Å². The molecule has 72 valence electrons. The van der Waals surface area contributed by atoms with Crippen LogP contribution in [0.5, 0.6) is 0 Å². The van der Waals surface area contributed by atoms with Gasteiger partial charge in [-0.1, -0.05) is 5.16 Å². The molecule has 1 aliphatic rings. The fourth-order valence-corrected chi connectivity index (χ4v) is 1.63. The van der Waals surface area contributed by atoms with Gasteiger partial charge in [0.05, 0.1) is 6.54 Å². The summed E-state index contributed by atoms with van der Waals surface area (Å²) in [4.78, 5) is 6.24. The van der Waals surface area contributed by atoms with Crippen molar-refractivity contribution in [3.8, 4) is 0 Å². The Labute approximate surface area is 77.1 Å². The number of rotatable bonds is 3. The van der Waals surface area contributed by atoms with Gasteiger partial charge in [-0.3, -0.25) is 4.90 Å². The third-order valence-electron chi connectivity index (χ3n) is 2.46. The molecule has 13 heavy (non-hydrogen) atoms. The molecule has 0 radical (unpaired) electrons. The van der Waals surface area contributed by atoms with E-state index in [9.17, 15) is 0 Å². The highest BCUT2D eigenvalue weighted by molar-refractivity contribution is 4.83. The highest BCUT2D eigenvalue weighted by Crippen LogP contribution is 2.08. The Morgan fingerprint density at radius 3 is 3.31 bits per heavy atom. The summed E-state index contributed by atoms with van der Waals surface area (Å²) in [6.07, 6.45) is 2.57. The van der Waals surface area contributed by atoms with E-state index in [0.29, 0.717) is 6.04 Å². The number of nitrogens with one attached hydrogen (secondary N) is 1. The first-order valence-corrected chi connectivity index (χ1v) is 4.52. The number of hydrogen-bond donors (Lipinski definition) is 1. The van der Waals surface area contributed by atoms with Crippen LogP contribution in [0.4, 0.5) is 0 Å². The van der Waals surface area contributed by atoms with Gasteiger partial charge in [0.2, 0.25) is 6.39 Å². The lowest BCUT2D eigenvalue weighted by Crippen LogP contribution is -2.33. The molecule has 1 aliphatic heterocycles. The molecule has 0 spiro atoms. The van der Waals surface area contributed by atoms with Crippen LogP contribution in [-0.2, 0) is 6.54 Å². The molecular weight excluding hydrogens is 168 g/mol. The fraction of sp³-hybridized carbons (Fsp3) is 0.750. The van der Waals surface area contributed by atoms with E-state index >= 15 is 0 Å². The van der Waals surface area contributed by atoms with Gasteiger partial charge in [-0.05, 0) is 20.0 Å². The molecule has 1 unspecified atom stereocenters. The Hall–Kier alpha value is -0.940. The number of nitrogens with zero attached hydrogens (tertiary/aromatic N) is 3. The van der Waals surface area contributed by atoms with E-state index in [0.717, 1.165) is 25.5 Å². The second kappa shape index (κ2) is 3.85. The molecule has 2 heterocycles. The van der Waals surface area contributed by atoms with Crippen molar-refractivity contribution in [2.45, 2.75) is 19.0 Å². The van der Waals surface area contributed by atoms with Crippen molar-refractivity contribution in [2.24, 2.45) is 0 Å². The highest BCUT2D eigenvalue weighted by atomic mass is 16.5. The standard InChI is InChI=1S/C8H14N4O/c1-12(7-2-3-9-4-7)5-8-10-6-13-11-8/h6-7,9H,2-5H2,1H3. The molecule has 1 N–H and O–H groups in total. The first-order chi connectivity index (χ1) is 6.36. The first-order valence-electron chi connectivity index (χ1n) is 4.52. The average Bonchev–Trinajstić information content (AvgIpc) is 2.74. The molecule has 0 bridgehead atoms. The van der Waals surface area contributed by atoms with Crippen molar-refractivity contribution in [3.05, 3.63) is 12.2 Å². The number of hydrogen-bond acceptors (Lipinski definition) is 5. The zero-order valence-corrected chi connectivity index (χ0v) is 7.73. The molecule has 1 aromatic heterocycles. The number of aromatic nitrogens is 2. The predicted octanol–water partition coefficient (Wildman–Crippen LogP) is -0.137. The van der Waals surface area contributed by atoms with Gasteiger partial charge in [0, 0.05) is 12.6 Å². The Morgan fingerprint density at radius 2 is 2.69 bits per heavy atom. The molecule has 2 rings (SSSR count). The second-order valence-electron chi connectivity index (χ2n) is 3.41. The lowest BCUT2D eigenvalue weighted by molar-refractivity contribution is 0.239. The molecule has 0 amide bonds. The molecule has 0 aromatic carbocycles. The van der Waals surface area contributed by atoms with Gasteiger partial charge in [-0.25, -0.2) is 0 Å². The molecule has 0 aliphatic carbocycles. The van der Waals surface area contributed by atoms with Crippen molar-refractivity contribution in [2.75, 3.05) is 20.1 Å². The van der Waals surface area contributed by atoms with Gasteiger partial charge >= 0.3 is 0 Å². The highest BCUT2D eigenvalue weighted by Gasteiger charge is 2.19. The minimum Gasteiger partial charge on any atom is -0.343 e. The van der Waals surface area contributed by atoms with E-state index in [1.54, 1.807) is 0 Å². The summed E-state index contributed by atoms with van der Waals surface area (Å²) in [5, 5.41) is 7.11. The van der Waals surface area contributed by atoms with E-state index in [2.05, 4.69) is 31.9 Å². The van der Waals surface area contributed by atoms with Crippen molar-refractivity contribution in [3.63, 3.8) is 0 Å². The monoisotopic (exact) mass is 182 g/mol. The summed E-state index contributed by atoms with van der Waals surface area (Å²) in [6, 6.07) is 0.610.